The van der Waals surface area contributed by atoms with E-state index in [2.05, 4.69) is 20.3 Å². The third-order valence-electron chi connectivity index (χ3n) is 4.10. The molecule has 25 heavy (non-hydrogen) atoms. The van der Waals surface area contributed by atoms with E-state index in [9.17, 15) is 0 Å². The van der Waals surface area contributed by atoms with E-state index in [1.807, 2.05) is 60.7 Å². The van der Waals surface area contributed by atoms with Crippen molar-refractivity contribution in [1.82, 2.24) is 29.8 Å². The summed E-state index contributed by atoms with van der Waals surface area (Å²) in [6.45, 7) is 0. The van der Waals surface area contributed by atoms with Crippen LogP contribution in [0.15, 0.2) is 60.7 Å². The molecule has 0 saturated heterocycles. The SMILES string of the molecule is S=c1nc2ccccc2c2nc(-c3cc(-c4ccccc4)n[nH]3)[nH]n12. The van der Waals surface area contributed by atoms with Crippen molar-refractivity contribution in [3.05, 3.63) is 65.4 Å². The number of nitrogens with zero attached hydrogens (tertiary/aromatic N) is 4. The van der Waals surface area contributed by atoms with E-state index in [1.54, 1.807) is 4.52 Å². The van der Waals surface area contributed by atoms with Gasteiger partial charge in [-0.3, -0.25) is 10.2 Å². The third kappa shape index (κ3) is 2.25. The Morgan fingerprint density at radius 1 is 0.920 bits per heavy atom. The summed E-state index contributed by atoms with van der Waals surface area (Å²) in [5.74, 6) is 0.666. The minimum absolute atomic E-state index is 0.440. The Morgan fingerprint density at radius 3 is 2.60 bits per heavy atom. The van der Waals surface area contributed by atoms with Crippen molar-refractivity contribution in [3.63, 3.8) is 0 Å². The molecule has 0 spiro atoms. The zero-order valence-electron chi connectivity index (χ0n) is 13.0. The van der Waals surface area contributed by atoms with Gasteiger partial charge in [-0.2, -0.15) is 5.10 Å². The lowest BCUT2D eigenvalue weighted by molar-refractivity contribution is 0.915. The maximum absolute atomic E-state index is 5.38. The van der Waals surface area contributed by atoms with E-state index in [0.29, 0.717) is 10.6 Å². The summed E-state index contributed by atoms with van der Waals surface area (Å²) in [6, 6.07) is 19.8. The number of aromatic nitrogens is 6. The summed E-state index contributed by atoms with van der Waals surface area (Å²) in [5, 5.41) is 11.6. The normalized spacial score (nSPS) is 11.4. The van der Waals surface area contributed by atoms with E-state index in [1.165, 1.54) is 0 Å². The van der Waals surface area contributed by atoms with Gasteiger partial charge in [-0.05, 0) is 30.4 Å². The summed E-state index contributed by atoms with van der Waals surface area (Å²) < 4.78 is 2.16. The fourth-order valence-electron chi connectivity index (χ4n) is 2.89. The van der Waals surface area contributed by atoms with Gasteiger partial charge in [0, 0.05) is 10.9 Å². The van der Waals surface area contributed by atoms with Crippen LogP contribution in [0.5, 0.6) is 0 Å². The number of nitrogens with one attached hydrogen (secondary N) is 2. The summed E-state index contributed by atoms with van der Waals surface area (Å²) in [7, 11) is 0. The van der Waals surface area contributed by atoms with E-state index in [0.717, 1.165) is 33.5 Å². The van der Waals surface area contributed by atoms with Crippen LogP contribution in [0.4, 0.5) is 0 Å². The predicted molar refractivity (Wildman–Crippen MR) is 98.7 cm³/mol. The molecule has 0 aliphatic carbocycles. The maximum atomic E-state index is 5.38. The Labute approximate surface area is 147 Å². The summed E-state index contributed by atoms with van der Waals surface area (Å²) in [4.78, 5) is 9.15. The fraction of sp³-hybridized carbons (Fsp3) is 0. The Bertz CT molecular complexity index is 1270. The Balaban J connectivity index is 1.69. The van der Waals surface area contributed by atoms with Gasteiger partial charge in [-0.15, -0.1) is 0 Å². The number of H-pyrrole nitrogens is 2. The molecule has 0 saturated carbocycles. The number of rotatable bonds is 2. The molecule has 0 aliphatic heterocycles. The minimum atomic E-state index is 0.440. The van der Waals surface area contributed by atoms with Crippen LogP contribution in [0.2, 0.25) is 0 Å². The molecule has 120 valence electrons. The van der Waals surface area contributed by atoms with Gasteiger partial charge in [0.15, 0.2) is 11.5 Å². The molecular formula is C18H12N6S. The van der Waals surface area contributed by atoms with Crippen molar-refractivity contribution < 1.29 is 0 Å². The van der Waals surface area contributed by atoms with Gasteiger partial charge in [-0.25, -0.2) is 14.5 Å². The predicted octanol–water partition coefficient (Wildman–Crippen LogP) is 4.00. The monoisotopic (exact) mass is 344 g/mol. The van der Waals surface area contributed by atoms with Crippen molar-refractivity contribution in [2.75, 3.05) is 0 Å². The van der Waals surface area contributed by atoms with Gasteiger partial charge in [0.05, 0.1) is 11.2 Å². The highest BCUT2D eigenvalue weighted by Gasteiger charge is 2.12. The number of aromatic amines is 2. The van der Waals surface area contributed by atoms with Crippen LogP contribution in [0, 0.1) is 4.77 Å². The first-order valence-electron chi connectivity index (χ1n) is 7.78. The highest BCUT2D eigenvalue weighted by Crippen LogP contribution is 2.24. The fourth-order valence-corrected chi connectivity index (χ4v) is 3.12. The molecule has 0 bridgehead atoms. The molecule has 0 atom stereocenters. The molecule has 0 unspecified atom stereocenters. The molecule has 3 aromatic heterocycles. The molecular weight excluding hydrogens is 332 g/mol. The molecule has 0 radical (unpaired) electrons. The summed E-state index contributed by atoms with van der Waals surface area (Å²) >= 11 is 5.38. The standard InChI is InChI=1S/C18H12N6S/c25-18-19-13-9-5-4-8-12(13)17-20-16(23-24(17)18)15-10-14(21-22-15)11-6-2-1-3-7-11/h1-10H,(H,20,23)(H,21,22). The molecule has 3 heterocycles. The van der Waals surface area contributed by atoms with Gasteiger partial charge in [0.25, 0.3) is 0 Å². The van der Waals surface area contributed by atoms with Crippen molar-refractivity contribution in [2.45, 2.75) is 0 Å². The van der Waals surface area contributed by atoms with Crippen LogP contribution in [-0.4, -0.2) is 29.8 Å². The summed E-state index contributed by atoms with van der Waals surface area (Å²) in [6.07, 6.45) is 0. The van der Waals surface area contributed by atoms with E-state index >= 15 is 0 Å². The number of para-hydroxylation sites is 1. The second-order valence-corrected chi connectivity index (χ2v) is 6.04. The second kappa shape index (κ2) is 5.35. The lowest BCUT2D eigenvalue weighted by atomic mass is 10.1. The van der Waals surface area contributed by atoms with Crippen LogP contribution >= 0.6 is 12.2 Å². The van der Waals surface area contributed by atoms with Gasteiger partial charge >= 0.3 is 0 Å². The lowest BCUT2D eigenvalue weighted by Gasteiger charge is -1.97. The largest absolute Gasteiger partial charge is 0.274 e. The van der Waals surface area contributed by atoms with Gasteiger partial charge in [-0.1, -0.05) is 42.5 Å². The molecule has 2 N–H and O–H groups in total. The highest BCUT2D eigenvalue weighted by molar-refractivity contribution is 7.71. The molecule has 0 aliphatic rings. The average molecular weight is 344 g/mol. The Morgan fingerprint density at radius 2 is 1.72 bits per heavy atom. The molecule has 5 aromatic rings. The van der Waals surface area contributed by atoms with Crippen LogP contribution < -0.4 is 0 Å². The second-order valence-electron chi connectivity index (χ2n) is 5.68. The molecule has 6 nitrogen and oxygen atoms in total. The Kier molecular flexibility index (Phi) is 3.01. The first kappa shape index (κ1) is 14.1. The molecule has 7 heteroatoms. The minimum Gasteiger partial charge on any atom is -0.274 e. The van der Waals surface area contributed by atoms with Crippen LogP contribution in [0.3, 0.4) is 0 Å². The third-order valence-corrected chi connectivity index (χ3v) is 4.38. The van der Waals surface area contributed by atoms with Crippen molar-refractivity contribution in [2.24, 2.45) is 0 Å². The highest BCUT2D eigenvalue weighted by atomic mass is 32.1. The number of fused-ring (bicyclic) bond motifs is 3. The molecule has 0 amide bonds. The van der Waals surface area contributed by atoms with Crippen LogP contribution in [-0.2, 0) is 0 Å². The van der Waals surface area contributed by atoms with Gasteiger partial charge in [0.2, 0.25) is 4.77 Å². The van der Waals surface area contributed by atoms with E-state index in [4.69, 9.17) is 17.2 Å². The van der Waals surface area contributed by atoms with Crippen molar-refractivity contribution in [1.29, 1.82) is 0 Å². The maximum Gasteiger partial charge on any atom is 0.221 e. The van der Waals surface area contributed by atoms with E-state index in [-0.39, 0.29) is 0 Å². The molecule has 0 fully saturated rings. The number of benzene rings is 2. The number of hydrogen-bond donors (Lipinski definition) is 2. The summed E-state index contributed by atoms with van der Waals surface area (Å²) in [5.41, 5.74) is 4.29. The molecule has 2 aromatic carbocycles. The lowest BCUT2D eigenvalue weighted by Crippen LogP contribution is -1.94. The molecule has 5 rings (SSSR count). The zero-order valence-corrected chi connectivity index (χ0v) is 13.8. The van der Waals surface area contributed by atoms with Crippen LogP contribution in [0.25, 0.3) is 39.3 Å². The van der Waals surface area contributed by atoms with Crippen molar-refractivity contribution in [3.8, 4) is 22.8 Å². The first-order chi connectivity index (χ1) is 12.3. The number of hydrogen-bond acceptors (Lipinski definition) is 4. The van der Waals surface area contributed by atoms with Gasteiger partial charge < -0.3 is 0 Å². The van der Waals surface area contributed by atoms with Crippen molar-refractivity contribution >= 4 is 28.8 Å². The zero-order chi connectivity index (χ0) is 16.8. The topological polar surface area (TPSA) is 74.7 Å². The average Bonchev–Trinajstić information content (AvgIpc) is 3.30. The Hall–Kier alpha value is -3.32. The van der Waals surface area contributed by atoms with E-state index < -0.39 is 0 Å². The quantitative estimate of drug-likeness (QED) is 0.475. The van der Waals surface area contributed by atoms with Crippen LogP contribution in [0.1, 0.15) is 0 Å². The smallest absolute Gasteiger partial charge is 0.221 e. The first-order valence-corrected chi connectivity index (χ1v) is 8.19. The van der Waals surface area contributed by atoms with Gasteiger partial charge in [0.1, 0.15) is 5.69 Å².